The number of rotatable bonds is 3. The number of ether oxygens (including phenoxy) is 1. The molecule has 0 saturated carbocycles. The summed E-state index contributed by atoms with van der Waals surface area (Å²) in [4.78, 5) is 0. The molecule has 0 unspecified atom stereocenters. The Balaban J connectivity index is 2.53. The van der Waals surface area contributed by atoms with Crippen LogP contribution in [0.1, 0.15) is 34.1 Å². The van der Waals surface area contributed by atoms with E-state index in [1.807, 2.05) is 13.8 Å². The highest BCUT2D eigenvalue weighted by Crippen LogP contribution is 2.30. The number of hydrogen-bond acceptors (Lipinski definition) is 3. The Morgan fingerprint density at radius 1 is 1.29 bits per heavy atom. The Hall–Kier alpha value is -0.120. The maximum atomic E-state index is 9.89. The smallest absolute Gasteiger partial charge is 0.0889 e. The lowest BCUT2D eigenvalue weighted by atomic mass is 9.91. The Morgan fingerprint density at radius 2 is 1.86 bits per heavy atom. The van der Waals surface area contributed by atoms with Gasteiger partial charge in [-0.05, 0) is 19.3 Å². The van der Waals surface area contributed by atoms with E-state index in [1.165, 1.54) is 0 Å². The first kappa shape index (κ1) is 12.0. The molecule has 1 fully saturated rings. The maximum Gasteiger partial charge on any atom is 0.0889 e. The van der Waals surface area contributed by atoms with E-state index in [9.17, 15) is 10.2 Å². The van der Waals surface area contributed by atoms with E-state index in [4.69, 9.17) is 4.74 Å². The molecule has 84 valence electrons. The molecule has 3 heteroatoms. The predicted octanol–water partition coefficient (Wildman–Crippen LogP) is 1.18. The van der Waals surface area contributed by atoms with Crippen molar-refractivity contribution in [1.82, 2.24) is 0 Å². The summed E-state index contributed by atoms with van der Waals surface area (Å²) < 4.78 is 5.55. The van der Waals surface area contributed by atoms with E-state index in [0.29, 0.717) is 5.92 Å². The van der Waals surface area contributed by atoms with Gasteiger partial charge in [0.15, 0.2) is 0 Å². The summed E-state index contributed by atoms with van der Waals surface area (Å²) in [5.74, 6) is 0.479. The molecule has 1 aliphatic rings. The molecule has 14 heavy (non-hydrogen) atoms. The second kappa shape index (κ2) is 4.60. The van der Waals surface area contributed by atoms with Gasteiger partial charge < -0.3 is 14.9 Å². The van der Waals surface area contributed by atoms with Crippen molar-refractivity contribution in [3.05, 3.63) is 0 Å². The third-order valence-electron chi connectivity index (χ3n) is 3.00. The average molecular weight is 202 g/mol. The summed E-state index contributed by atoms with van der Waals surface area (Å²) in [6.07, 6.45) is -0.528. The van der Waals surface area contributed by atoms with Gasteiger partial charge in [0.25, 0.3) is 0 Å². The molecule has 0 aliphatic carbocycles. The molecule has 0 amide bonds. The van der Waals surface area contributed by atoms with Gasteiger partial charge in [-0.3, -0.25) is 0 Å². The van der Waals surface area contributed by atoms with Crippen molar-refractivity contribution in [3.63, 3.8) is 0 Å². The first-order valence-electron chi connectivity index (χ1n) is 5.45. The monoisotopic (exact) mass is 202 g/mol. The fourth-order valence-corrected chi connectivity index (χ4v) is 2.13. The minimum atomic E-state index is -0.454. The van der Waals surface area contributed by atoms with E-state index < -0.39 is 12.2 Å². The van der Waals surface area contributed by atoms with Gasteiger partial charge in [0.1, 0.15) is 0 Å². The second-order valence-corrected chi connectivity index (χ2v) is 4.85. The molecule has 0 aromatic heterocycles. The molecule has 0 aromatic carbocycles. The highest BCUT2D eigenvalue weighted by Gasteiger charge is 2.41. The van der Waals surface area contributed by atoms with Crippen LogP contribution in [-0.2, 0) is 4.74 Å². The Kier molecular flexibility index (Phi) is 3.93. The van der Waals surface area contributed by atoms with Crippen LogP contribution in [0.15, 0.2) is 0 Å². The molecule has 0 radical (unpaired) electrons. The van der Waals surface area contributed by atoms with Gasteiger partial charge in [0.2, 0.25) is 0 Å². The van der Waals surface area contributed by atoms with E-state index in [-0.39, 0.29) is 18.1 Å². The fraction of sp³-hybridized carbons (Fsp3) is 1.00. The third-order valence-corrected chi connectivity index (χ3v) is 3.00. The van der Waals surface area contributed by atoms with Gasteiger partial charge in [0.05, 0.1) is 24.4 Å². The van der Waals surface area contributed by atoms with Crippen LogP contribution in [0.5, 0.6) is 0 Å². The molecule has 3 nitrogen and oxygen atoms in total. The minimum Gasteiger partial charge on any atom is -0.390 e. The maximum absolute atomic E-state index is 9.89. The molecule has 1 heterocycles. The summed E-state index contributed by atoms with van der Waals surface area (Å²) in [6, 6.07) is 0. The molecule has 0 aromatic rings. The van der Waals surface area contributed by atoms with Crippen molar-refractivity contribution >= 4 is 0 Å². The SMILES string of the molecule is CC(C)C[C@@H](O)[C@H]1O[C@@H](C)[C@H](O)[C@@H]1C. The van der Waals surface area contributed by atoms with Gasteiger partial charge >= 0.3 is 0 Å². The summed E-state index contributed by atoms with van der Waals surface area (Å²) in [6.45, 7) is 7.93. The summed E-state index contributed by atoms with van der Waals surface area (Å²) >= 11 is 0. The van der Waals surface area contributed by atoms with Crippen LogP contribution in [0.4, 0.5) is 0 Å². The van der Waals surface area contributed by atoms with Crippen LogP contribution in [0.25, 0.3) is 0 Å². The zero-order chi connectivity index (χ0) is 10.9. The molecule has 2 N–H and O–H groups in total. The molecule has 0 spiro atoms. The van der Waals surface area contributed by atoms with E-state index in [1.54, 1.807) is 0 Å². The largest absolute Gasteiger partial charge is 0.390 e. The fourth-order valence-electron chi connectivity index (χ4n) is 2.13. The van der Waals surface area contributed by atoms with Crippen LogP contribution in [-0.4, -0.2) is 34.6 Å². The first-order valence-corrected chi connectivity index (χ1v) is 5.45. The van der Waals surface area contributed by atoms with Crippen LogP contribution in [0.2, 0.25) is 0 Å². The molecule has 5 atom stereocenters. The summed E-state index contributed by atoms with van der Waals surface area (Å²) in [5, 5.41) is 19.6. The topological polar surface area (TPSA) is 49.7 Å². The normalized spacial score (nSPS) is 40.5. The van der Waals surface area contributed by atoms with Crippen molar-refractivity contribution < 1.29 is 14.9 Å². The number of hydrogen-bond donors (Lipinski definition) is 2. The van der Waals surface area contributed by atoms with Crippen LogP contribution in [0, 0.1) is 11.8 Å². The number of aliphatic hydroxyl groups is 2. The van der Waals surface area contributed by atoms with E-state index in [2.05, 4.69) is 13.8 Å². The van der Waals surface area contributed by atoms with Gasteiger partial charge in [-0.1, -0.05) is 20.8 Å². The average Bonchev–Trinajstić information content (AvgIpc) is 2.32. The second-order valence-electron chi connectivity index (χ2n) is 4.85. The van der Waals surface area contributed by atoms with Crippen molar-refractivity contribution in [2.24, 2.45) is 11.8 Å². The molecule has 1 rings (SSSR count). The predicted molar refractivity (Wildman–Crippen MR) is 55.0 cm³/mol. The highest BCUT2D eigenvalue weighted by atomic mass is 16.5. The van der Waals surface area contributed by atoms with Gasteiger partial charge in [0, 0.05) is 5.92 Å². The van der Waals surface area contributed by atoms with E-state index in [0.717, 1.165) is 6.42 Å². The summed E-state index contributed by atoms with van der Waals surface area (Å²) in [5.41, 5.74) is 0. The third kappa shape index (κ3) is 2.47. The lowest BCUT2D eigenvalue weighted by Crippen LogP contribution is -2.33. The highest BCUT2D eigenvalue weighted by molar-refractivity contribution is 4.89. The minimum absolute atomic E-state index is 0.0266. The van der Waals surface area contributed by atoms with Crippen molar-refractivity contribution in [1.29, 1.82) is 0 Å². The van der Waals surface area contributed by atoms with E-state index >= 15 is 0 Å². The quantitative estimate of drug-likeness (QED) is 0.722. The first-order chi connectivity index (χ1) is 6.43. The molecule has 1 saturated heterocycles. The standard InChI is InChI=1S/C11H22O3/c1-6(2)5-9(12)11-7(3)10(13)8(4)14-11/h6-13H,5H2,1-4H3/t7-,8-,9+,10+,11-/m0/s1. The van der Waals surface area contributed by atoms with Gasteiger partial charge in [-0.15, -0.1) is 0 Å². The van der Waals surface area contributed by atoms with Crippen molar-refractivity contribution in [2.45, 2.75) is 58.5 Å². The number of aliphatic hydroxyl groups excluding tert-OH is 2. The van der Waals surface area contributed by atoms with Crippen molar-refractivity contribution in [2.75, 3.05) is 0 Å². The molecule has 1 aliphatic heterocycles. The van der Waals surface area contributed by atoms with Crippen LogP contribution in [0.3, 0.4) is 0 Å². The van der Waals surface area contributed by atoms with Gasteiger partial charge in [-0.25, -0.2) is 0 Å². The molecule has 0 bridgehead atoms. The Bertz CT molecular complexity index is 181. The lowest BCUT2D eigenvalue weighted by molar-refractivity contribution is -0.0496. The van der Waals surface area contributed by atoms with Gasteiger partial charge in [-0.2, -0.15) is 0 Å². The lowest BCUT2D eigenvalue weighted by Gasteiger charge is -2.23. The Morgan fingerprint density at radius 3 is 2.21 bits per heavy atom. The van der Waals surface area contributed by atoms with Crippen molar-refractivity contribution in [3.8, 4) is 0 Å². The van der Waals surface area contributed by atoms with Crippen LogP contribution >= 0.6 is 0 Å². The Labute approximate surface area is 86.1 Å². The molecular weight excluding hydrogens is 180 g/mol. The molecular formula is C11H22O3. The zero-order valence-corrected chi connectivity index (χ0v) is 9.47. The van der Waals surface area contributed by atoms with Crippen LogP contribution < -0.4 is 0 Å². The zero-order valence-electron chi connectivity index (χ0n) is 9.47. The summed E-state index contributed by atoms with van der Waals surface area (Å²) in [7, 11) is 0.